The maximum atomic E-state index is 13.1. The topological polar surface area (TPSA) is 121 Å². The second-order valence-electron chi connectivity index (χ2n) is 8.81. The fourth-order valence-corrected chi connectivity index (χ4v) is 5.32. The van der Waals surface area contributed by atoms with Gasteiger partial charge in [-0.15, -0.1) is 0 Å². The van der Waals surface area contributed by atoms with E-state index in [9.17, 15) is 14.7 Å². The molecule has 1 amide bonds. The van der Waals surface area contributed by atoms with Gasteiger partial charge in [0.1, 0.15) is 16.5 Å². The third kappa shape index (κ3) is 4.89. The lowest BCUT2D eigenvalue weighted by Crippen LogP contribution is -2.37. The van der Waals surface area contributed by atoms with Gasteiger partial charge in [-0.2, -0.15) is 9.97 Å². The first-order chi connectivity index (χ1) is 17.4. The minimum Gasteiger partial charge on any atom is -0.462 e. The molecule has 3 aromatic rings. The van der Waals surface area contributed by atoms with Gasteiger partial charge in [-0.3, -0.25) is 15.0 Å². The van der Waals surface area contributed by atoms with Crippen LogP contribution in [0.3, 0.4) is 0 Å². The standard InChI is InChI=1S/C25H28N6O4S/c1-3-35-23(34)20-15(2)26-25(36-20)29-24-27-21(30-11-9-17(32)10-12-30)18-13-19(33)31(22(18)28-24)14-16-7-5-4-6-8-16/h4-8,17,32H,3,9-14H2,1-2H3,(H,26,27,28,29). The van der Waals surface area contributed by atoms with Gasteiger partial charge in [-0.1, -0.05) is 41.7 Å². The highest BCUT2D eigenvalue weighted by molar-refractivity contribution is 7.17. The van der Waals surface area contributed by atoms with Crippen LogP contribution in [0.4, 0.5) is 22.7 Å². The van der Waals surface area contributed by atoms with Crippen molar-refractivity contribution in [2.75, 3.05) is 34.8 Å². The summed E-state index contributed by atoms with van der Waals surface area (Å²) in [6.45, 7) is 5.48. The summed E-state index contributed by atoms with van der Waals surface area (Å²) < 4.78 is 5.12. The van der Waals surface area contributed by atoms with Crippen molar-refractivity contribution in [1.82, 2.24) is 15.0 Å². The molecule has 1 fully saturated rings. The molecule has 1 saturated heterocycles. The highest BCUT2D eigenvalue weighted by atomic mass is 32.1. The SMILES string of the molecule is CCOC(=O)c1sc(Nc2nc(N3CCC(O)CC3)c3c(n2)N(Cc2ccccc2)C(=O)C3)nc1C. The van der Waals surface area contributed by atoms with Crippen LogP contribution in [0.25, 0.3) is 0 Å². The number of benzene rings is 1. The van der Waals surface area contributed by atoms with Crippen LogP contribution in [0.15, 0.2) is 30.3 Å². The van der Waals surface area contributed by atoms with Crippen LogP contribution in [0.5, 0.6) is 0 Å². The number of fused-ring (bicyclic) bond motifs is 1. The van der Waals surface area contributed by atoms with Gasteiger partial charge in [-0.05, 0) is 32.3 Å². The van der Waals surface area contributed by atoms with Crippen LogP contribution in [0.2, 0.25) is 0 Å². The summed E-state index contributed by atoms with van der Waals surface area (Å²) in [5, 5.41) is 13.6. The second kappa shape index (κ2) is 10.2. The molecule has 0 radical (unpaired) electrons. The monoisotopic (exact) mass is 508 g/mol. The van der Waals surface area contributed by atoms with Crippen molar-refractivity contribution in [1.29, 1.82) is 0 Å². The lowest BCUT2D eigenvalue weighted by molar-refractivity contribution is -0.117. The number of aromatic nitrogens is 3. The number of esters is 1. The number of rotatable bonds is 7. The number of amides is 1. The second-order valence-corrected chi connectivity index (χ2v) is 9.81. The number of anilines is 4. The van der Waals surface area contributed by atoms with Crippen molar-refractivity contribution in [3.8, 4) is 0 Å². The van der Waals surface area contributed by atoms with Crippen LogP contribution >= 0.6 is 11.3 Å². The third-order valence-electron chi connectivity index (χ3n) is 6.27. The van der Waals surface area contributed by atoms with Crippen LogP contribution < -0.4 is 15.1 Å². The lowest BCUT2D eigenvalue weighted by atomic mass is 10.1. The minimum absolute atomic E-state index is 0.0340. The number of carbonyl (C=O) groups excluding carboxylic acids is 2. The van der Waals surface area contributed by atoms with Gasteiger partial charge in [-0.25, -0.2) is 9.78 Å². The Kier molecular flexibility index (Phi) is 6.84. The van der Waals surface area contributed by atoms with Crippen LogP contribution in [-0.2, 0) is 22.5 Å². The largest absolute Gasteiger partial charge is 0.462 e. The Morgan fingerprint density at radius 3 is 2.61 bits per heavy atom. The number of aliphatic hydroxyl groups is 1. The molecule has 2 aliphatic heterocycles. The molecule has 188 valence electrons. The van der Waals surface area contributed by atoms with E-state index in [1.807, 2.05) is 30.3 Å². The molecule has 2 aliphatic rings. The Balaban J connectivity index is 1.51. The molecule has 11 heteroatoms. The number of aliphatic hydroxyl groups excluding tert-OH is 1. The Hall–Kier alpha value is -3.57. The number of hydrogen-bond acceptors (Lipinski definition) is 10. The van der Waals surface area contributed by atoms with Crippen molar-refractivity contribution >= 4 is 45.9 Å². The van der Waals surface area contributed by atoms with Crippen LogP contribution in [0.1, 0.15) is 46.3 Å². The summed E-state index contributed by atoms with van der Waals surface area (Å²) in [5.74, 6) is 1.11. The van der Waals surface area contributed by atoms with E-state index in [1.54, 1.807) is 18.7 Å². The molecule has 0 aliphatic carbocycles. The van der Waals surface area contributed by atoms with Crippen molar-refractivity contribution in [2.45, 2.75) is 45.8 Å². The Morgan fingerprint density at radius 2 is 1.89 bits per heavy atom. The van der Waals surface area contributed by atoms with Crippen LogP contribution in [-0.4, -0.2) is 57.7 Å². The lowest BCUT2D eigenvalue weighted by Gasteiger charge is -2.31. The predicted octanol–water partition coefficient (Wildman–Crippen LogP) is 3.21. The normalized spacial score (nSPS) is 15.8. The maximum absolute atomic E-state index is 13.1. The molecule has 0 saturated carbocycles. The van der Waals surface area contributed by atoms with Gasteiger partial charge in [0.25, 0.3) is 0 Å². The predicted molar refractivity (Wildman–Crippen MR) is 137 cm³/mol. The summed E-state index contributed by atoms with van der Waals surface area (Å²) in [6, 6.07) is 9.79. The van der Waals surface area contributed by atoms with E-state index in [1.165, 1.54) is 11.3 Å². The minimum atomic E-state index is -0.414. The molecule has 2 aromatic heterocycles. The number of carbonyl (C=O) groups is 2. The fraction of sp³-hybridized carbons (Fsp3) is 0.400. The molecular formula is C25H28N6O4S. The van der Waals surface area contributed by atoms with Crippen molar-refractivity contribution < 1.29 is 19.4 Å². The van der Waals surface area contributed by atoms with Gasteiger partial charge < -0.3 is 14.7 Å². The van der Waals surface area contributed by atoms with Crippen LogP contribution in [0, 0.1) is 6.92 Å². The molecule has 10 nitrogen and oxygen atoms in total. The summed E-state index contributed by atoms with van der Waals surface area (Å²) in [6.07, 6.45) is 1.17. The molecule has 2 N–H and O–H groups in total. The summed E-state index contributed by atoms with van der Waals surface area (Å²) in [5.41, 5.74) is 2.36. The summed E-state index contributed by atoms with van der Waals surface area (Å²) in [4.78, 5) is 43.5. The van der Waals surface area contributed by atoms with E-state index in [4.69, 9.17) is 14.7 Å². The van der Waals surface area contributed by atoms with E-state index >= 15 is 0 Å². The van der Waals surface area contributed by atoms with E-state index in [2.05, 4.69) is 15.2 Å². The number of hydrogen-bond donors (Lipinski definition) is 2. The number of nitrogens with zero attached hydrogens (tertiary/aromatic N) is 5. The molecule has 5 rings (SSSR count). The first-order valence-electron chi connectivity index (χ1n) is 12.0. The third-order valence-corrected chi connectivity index (χ3v) is 7.32. The van der Waals surface area contributed by atoms with Gasteiger partial charge in [0.05, 0.1) is 31.4 Å². The highest BCUT2D eigenvalue weighted by Crippen LogP contribution is 2.37. The number of nitrogens with one attached hydrogen (secondary N) is 1. The Bertz CT molecular complexity index is 1270. The number of ether oxygens (including phenoxy) is 1. The van der Waals surface area contributed by atoms with E-state index in [0.29, 0.717) is 65.8 Å². The number of thiazole rings is 1. The molecule has 36 heavy (non-hydrogen) atoms. The average Bonchev–Trinajstić information content (AvgIpc) is 3.39. The Morgan fingerprint density at radius 1 is 1.17 bits per heavy atom. The van der Waals surface area contributed by atoms with Gasteiger partial charge in [0.2, 0.25) is 11.9 Å². The van der Waals surface area contributed by atoms with Gasteiger partial charge >= 0.3 is 5.97 Å². The van der Waals surface area contributed by atoms with Gasteiger partial charge in [0, 0.05) is 18.7 Å². The zero-order chi connectivity index (χ0) is 25.2. The van der Waals surface area contributed by atoms with Gasteiger partial charge in [0.15, 0.2) is 5.13 Å². The van der Waals surface area contributed by atoms with E-state index < -0.39 is 5.97 Å². The van der Waals surface area contributed by atoms with E-state index in [0.717, 1.165) is 11.1 Å². The molecule has 1 aromatic carbocycles. The highest BCUT2D eigenvalue weighted by Gasteiger charge is 2.35. The smallest absolute Gasteiger partial charge is 0.350 e. The zero-order valence-corrected chi connectivity index (χ0v) is 21.0. The molecule has 0 spiro atoms. The van der Waals surface area contributed by atoms with Crippen molar-refractivity contribution in [3.63, 3.8) is 0 Å². The molecular weight excluding hydrogens is 480 g/mol. The first kappa shape index (κ1) is 24.1. The number of piperidine rings is 1. The molecule has 4 heterocycles. The maximum Gasteiger partial charge on any atom is 0.350 e. The van der Waals surface area contributed by atoms with Crippen molar-refractivity contribution in [3.05, 3.63) is 52.0 Å². The molecule has 0 atom stereocenters. The quantitative estimate of drug-likeness (QED) is 0.463. The fourth-order valence-electron chi connectivity index (χ4n) is 4.46. The average molecular weight is 509 g/mol. The summed E-state index contributed by atoms with van der Waals surface area (Å²) >= 11 is 1.18. The molecule has 0 bridgehead atoms. The van der Waals surface area contributed by atoms with Crippen molar-refractivity contribution in [2.24, 2.45) is 0 Å². The molecule has 0 unspecified atom stereocenters. The van der Waals surface area contributed by atoms with E-state index in [-0.39, 0.29) is 25.0 Å². The summed E-state index contributed by atoms with van der Waals surface area (Å²) in [7, 11) is 0. The number of aryl methyl sites for hydroxylation is 1. The first-order valence-corrected chi connectivity index (χ1v) is 12.8. The zero-order valence-electron chi connectivity index (χ0n) is 20.2. The Labute approximate surface area is 213 Å².